The van der Waals surface area contributed by atoms with Gasteiger partial charge in [-0.1, -0.05) is 35.3 Å². The molecule has 0 heterocycles. The highest BCUT2D eigenvalue weighted by Gasteiger charge is 2.24. The van der Waals surface area contributed by atoms with Gasteiger partial charge in [-0.15, -0.1) is 0 Å². The Bertz CT molecular complexity index is 835. The molecule has 0 aliphatic heterocycles. The number of hydrogen-bond acceptors (Lipinski definition) is 2. The topological polar surface area (TPSA) is 62.6 Å². The highest BCUT2D eigenvalue weighted by molar-refractivity contribution is 6.35. The molecule has 2 aromatic carbocycles. The Hall–Kier alpha value is -2.08. The Kier molecular flexibility index (Phi) is 7.25. The van der Waals surface area contributed by atoms with E-state index in [0.29, 0.717) is 15.7 Å². The average molecular weight is 409 g/mol. The first-order valence-corrected chi connectivity index (χ1v) is 9.37. The van der Waals surface area contributed by atoms with E-state index in [1.54, 1.807) is 32.2 Å². The van der Waals surface area contributed by atoms with Crippen LogP contribution in [0.15, 0.2) is 36.4 Å². The van der Waals surface area contributed by atoms with Gasteiger partial charge in [-0.25, -0.2) is 0 Å². The van der Waals surface area contributed by atoms with Crippen LogP contribution in [0.1, 0.15) is 18.1 Å². The number of aryl methyl sites for hydroxylation is 2. The third kappa shape index (κ3) is 6.24. The van der Waals surface area contributed by atoms with Gasteiger partial charge in [-0.3, -0.25) is 9.59 Å². The largest absolute Gasteiger partial charge is 0.321 e. The molecule has 7 heteroatoms. The molecule has 2 amide bonds. The predicted molar refractivity (Wildman–Crippen MR) is 111 cm³/mol. The molecule has 0 saturated heterocycles. The van der Waals surface area contributed by atoms with Crippen LogP contribution in [0.2, 0.25) is 10.0 Å². The van der Waals surface area contributed by atoms with Crippen LogP contribution < -0.4 is 15.5 Å². The second-order valence-corrected chi connectivity index (χ2v) is 7.63. The summed E-state index contributed by atoms with van der Waals surface area (Å²) in [7, 11) is 1.80. The lowest BCUT2D eigenvalue weighted by Gasteiger charge is -2.21. The van der Waals surface area contributed by atoms with Crippen molar-refractivity contribution < 1.29 is 14.5 Å². The van der Waals surface area contributed by atoms with E-state index in [9.17, 15) is 9.59 Å². The van der Waals surface area contributed by atoms with Crippen LogP contribution in [0.25, 0.3) is 0 Å². The smallest absolute Gasteiger partial charge is 0.282 e. The predicted octanol–water partition coefficient (Wildman–Crippen LogP) is 3.09. The van der Waals surface area contributed by atoms with Crippen molar-refractivity contribution in [3.05, 3.63) is 57.6 Å². The number of halogens is 2. The van der Waals surface area contributed by atoms with Gasteiger partial charge in [0.1, 0.15) is 0 Å². The van der Waals surface area contributed by atoms with E-state index in [0.717, 1.165) is 21.7 Å². The standard InChI is InChI=1S/C20H23Cl2N3O2/c1-12-5-6-13(2)18(7-12)24-19(26)11-25(4)14(3)20(27)23-17-9-15(21)8-16(22)10-17/h5-10,14H,11H2,1-4H3,(H,23,27)(H,24,26)/p+1/t14-/m1/s1. The number of amides is 2. The van der Waals surface area contributed by atoms with Crippen molar-refractivity contribution in [2.24, 2.45) is 0 Å². The molecular formula is C20H24Cl2N3O2+. The van der Waals surface area contributed by atoms with E-state index in [4.69, 9.17) is 23.2 Å². The summed E-state index contributed by atoms with van der Waals surface area (Å²) in [6, 6.07) is 10.3. The van der Waals surface area contributed by atoms with E-state index < -0.39 is 6.04 Å². The molecule has 0 spiro atoms. The van der Waals surface area contributed by atoms with Gasteiger partial charge in [0.2, 0.25) is 0 Å². The lowest BCUT2D eigenvalue weighted by molar-refractivity contribution is -0.885. The maximum Gasteiger partial charge on any atom is 0.282 e. The molecule has 0 aliphatic rings. The number of nitrogens with one attached hydrogen (secondary N) is 3. The third-order valence-electron chi connectivity index (χ3n) is 4.37. The highest BCUT2D eigenvalue weighted by Crippen LogP contribution is 2.22. The number of anilines is 2. The minimum atomic E-state index is -0.438. The second kappa shape index (κ2) is 9.22. The zero-order valence-electron chi connectivity index (χ0n) is 15.8. The molecule has 3 N–H and O–H groups in total. The SMILES string of the molecule is Cc1ccc(C)c(NC(=O)C[NH+](C)[C@H](C)C(=O)Nc2cc(Cl)cc(Cl)c2)c1. The first-order chi connectivity index (χ1) is 12.7. The van der Waals surface area contributed by atoms with Crippen molar-refractivity contribution in [2.45, 2.75) is 26.8 Å². The summed E-state index contributed by atoms with van der Waals surface area (Å²) in [5.74, 6) is -0.364. The molecular weight excluding hydrogens is 385 g/mol. The lowest BCUT2D eigenvalue weighted by atomic mass is 10.1. The average Bonchev–Trinajstić information content (AvgIpc) is 2.56. The molecule has 27 heavy (non-hydrogen) atoms. The molecule has 2 atom stereocenters. The van der Waals surface area contributed by atoms with Gasteiger partial charge in [0.25, 0.3) is 11.8 Å². The number of carbonyl (C=O) groups excluding carboxylic acids is 2. The summed E-state index contributed by atoms with van der Waals surface area (Å²) >= 11 is 11.9. The van der Waals surface area contributed by atoms with Crippen molar-refractivity contribution in [2.75, 3.05) is 24.2 Å². The Morgan fingerprint density at radius 3 is 2.30 bits per heavy atom. The fraction of sp³-hybridized carbons (Fsp3) is 0.300. The van der Waals surface area contributed by atoms with Gasteiger partial charge in [0.15, 0.2) is 12.6 Å². The molecule has 0 fully saturated rings. The van der Waals surface area contributed by atoms with E-state index in [-0.39, 0.29) is 18.4 Å². The van der Waals surface area contributed by atoms with Crippen molar-refractivity contribution in [1.82, 2.24) is 0 Å². The Balaban J connectivity index is 1.95. The summed E-state index contributed by atoms with van der Waals surface area (Å²) in [4.78, 5) is 25.6. The van der Waals surface area contributed by atoms with Crippen molar-refractivity contribution >= 4 is 46.4 Å². The monoisotopic (exact) mass is 408 g/mol. The number of rotatable bonds is 6. The molecule has 1 unspecified atom stereocenters. The quantitative estimate of drug-likeness (QED) is 0.687. The van der Waals surface area contributed by atoms with Crippen molar-refractivity contribution in [1.29, 1.82) is 0 Å². The maximum atomic E-state index is 12.5. The van der Waals surface area contributed by atoms with E-state index >= 15 is 0 Å². The lowest BCUT2D eigenvalue weighted by Crippen LogP contribution is -3.14. The van der Waals surface area contributed by atoms with Crippen LogP contribution in [0, 0.1) is 13.8 Å². The van der Waals surface area contributed by atoms with Crippen LogP contribution in [0.5, 0.6) is 0 Å². The number of quaternary nitrogens is 1. The summed E-state index contributed by atoms with van der Waals surface area (Å²) in [6.45, 7) is 5.85. The molecule has 0 aromatic heterocycles. The van der Waals surface area contributed by atoms with Gasteiger partial charge < -0.3 is 15.5 Å². The first-order valence-electron chi connectivity index (χ1n) is 8.62. The van der Waals surface area contributed by atoms with Crippen LogP contribution in [-0.4, -0.2) is 31.4 Å². The fourth-order valence-corrected chi connectivity index (χ4v) is 3.10. The number of carbonyl (C=O) groups is 2. The fourth-order valence-electron chi connectivity index (χ4n) is 2.57. The minimum Gasteiger partial charge on any atom is -0.321 e. The van der Waals surface area contributed by atoms with E-state index in [2.05, 4.69) is 10.6 Å². The van der Waals surface area contributed by atoms with E-state index in [1.165, 1.54) is 0 Å². The van der Waals surface area contributed by atoms with Crippen LogP contribution in [0.4, 0.5) is 11.4 Å². The number of likely N-dealkylation sites (N-methyl/N-ethyl adjacent to an activating group) is 1. The Morgan fingerprint density at radius 2 is 1.67 bits per heavy atom. The molecule has 0 saturated carbocycles. The minimum absolute atomic E-state index is 0.147. The molecule has 2 rings (SSSR count). The number of benzene rings is 2. The molecule has 0 bridgehead atoms. The van der Waals surface area contributed by atoms with E-state index in [1.807, 2.05) is 32.0 Å². The van der Waals surface area contributed by atoms with Crippen molar-refractivity contribution in [3.8, 4) is 0 Å². The zero-order valence-corrected chi connectivity index (χ0v) is 17.3. The van der Waals surface area contributed by atoms with Gasteiger partial charge >= 0.3 is 0 Å². The molecule has 2 aromatic rings. The van der Waals surface area contributed by atoms with Gasteiger partial charge in [-0.05, 0) is 56.2 Å². The van der Waals surface area contributed by atoms with Crippen LogP contribution in [0.3, 0.4) is 0 Å². The Morgan fingerprint density at radius 1 is 1.04 bits per heavy atom. The number of hydrogen-bond donors (Lipinski definition) is 3. The summed E-state index contributed by atoms with van der Waals surface area (Å²) in [6.07, 6.45) is 0. The second-order valence-electron chi connectivity index (χ2n) is 6.76. The molecule has 5 nitrogen and oxygen atoms in total. The van der Waals surface area contributed by atoms with Crippen molar-refractivity contribution in [3.63, 3.8) is 0 Å². The van der Waals surface area contributed by atoms with Gasteiger partial charge in [0.05, 0.1) is 7.05 Å². The Labute approximate surface area is 169 Å². The summed E-state index contributed by atoms with van der Waals surface area (Å²) in [5.41, 5.74) is 3.38. The molecule has 0 radical (unpaired) electrons. The summed E-state index contributed by atoms with van der Waals surface area (Å²) < 4.78 is 0. The van der Waals surface area contributed by atoms with Gasteiger partial charge in [-0.2, -0.15) is 0 Å². The van der Waals surface area contributed by atoms with Crippen LogP contribution in [-0.2, 0) is 9.59 Å². The van der Waals surface area contributed by atoms with Gasteiger partial charge in [0, 0.05) is 21.4 Å². The highest BCUT2D eigenvalue weighted by atomic mass is 35.5. The van der Waals surface area contributed by atoms with Crippen LogP contribution >= 0.6 is 23.2 Å². The molecule has 0 aliphatic carbocycles. The maximum absolute atomic E-state index is 12.5. The normalized spacial score (nSPS) is 13.0. The summed E-state index contributed by atoms with van der Waals surface area (Å²) in [5, 5.41) is 6.58. The zero-order chi connectivity index (χ0) is 20.1. The third-order valence-corrected chi connectivity index (χ3v) is 4.81. The molecule has 144 valence electrons. The first kappa shape index (κ1) is 21.2.